The summed E-state index contributed by atoms with van der Waals surface area (Å²) in [6.45, 7) is 2.72. The monoisotopic (exact) mass is 494 g/mol. The first-order valence-corrected chi connectivity index (χ1v) is 13.0. The Labute approximate surface area is 220 Å². The van der Waals surface area contributed by atoms with E-state index < -0.39 is 0 Å². The molecule has 0 saturated carbocycles. The van der Waals surface area contributed by atoms with Crippen LogP contribution in [0.1, 0.15) is 11.1 Å². The number of fused-ring (bicyclic) bond motifs is 10. The van der Waals surface area contributed by atoms with Crippen LogP contribution in [0.5, 0.6) is 0 Å². The normalized spacial score (nSPS) is 14.1. The average Bonchev–Trinajstić information content (AvgIpc) is 2.85. The summed E-state index contributed by atoms with van der Waals surface area (Å²) in [4.78, 5) is 14.2. The molecular formula is C31H38N6. The zero-order valence-electron chi connectivity index (χ0n) is 23.4. The topological polar surface area (TPSA) is 19.4 Å². The summed E-state index contributed by atoms with van der Waals surface area (Å²) in [6, 6.07) is 18.4. The molecule has 192 valence electrons. The maximum Gasteiger partial charge on any atom is 0.0910 e. The highest BCUT2D eigenvalue weighted by atomic mass is 15.4. The highest BCUT2D eigenvalue weighted by molar-refractivity contribution is 6.13. The van der Waals surface area contributed by atoms with E-state index in [9.17, 15) is 0 Å². The van der Waals surface area contributed by atoms with Gasteiger partial charge in [-0.3, -0.25) is 0 Å². The van der Waals surface area contributed by atoms with Crippen molar-refractivity contribution in [2.24, 2.45) is 0 Å². The fourth-order valence-electron chi connectivity index (χ4n) is 6.43. The molecule has 4 aromatic rings. The summed E-state index contributed by atoms with van der Waals surface area (Å²) >= 11 is 0. The highest BCUT2D eigenvalue weighted by Gasteiger charge is 2.34. The summed E-state index contributed by atoms with van der Waals surface area (Å²) in [6.07, 6.45) is 0. The maximum atomic E-state index is 2.59. The summed E-state index contributed by atoms with van der Waals surface area (Å²) in [7, 11) is 17.2. The van der Waals surface area contributed by atoms with Crippen molar-refractivity contribution in [1.29, 1.82) is 0 Å². The summed E-state index contributed by atoms with van der Waals surface area (Å²) in [5.74, 6) is 0. The van der Waals surface area contributed by atoms with E-state index in [1.165, 1.54) is 66.8 Å². The Kier molecular flexibility index (Phi) is 5.34. The molecule has 0 aromatic heterocycles. The van der Waals surface area contributed by atoms with E-state index >= 15 is 0 Å². The SMILES string of the molecule is CN(C)c1cccc2c3c(cc(N(C)C)c12)CN1CN3Cc2cc(N(C)C)c3c(N(C)C)cccc3c21. The second kappa shape index (κ2) is 8.37. The van der Waals surface area contributed by atoms with Crippen LogP contribution in [0.4, 0.5) is 34.1 Å². The molecule has 0 aliphatic carbocycles. The molecule has 37 heavy (non-hydrogen) atoms. The van der Waals surface area contributed by atoms with E-state index in [0.29, 0.717) is 0 Å². The van der Waals surface area contributed by atoms with Crippen LogP contribution >= 0.6 is 0 Å². The van der Waals surface area contributed by atoms with Gasteiger partial charge in [0.05, 0.1) is 18.0 Å². The number of benzene rings is 4. The molecule has 0 unspecified atom stereocenters. The molecule has 0 fully saturated rings. The average molecular weight is 495 g/mol. The van der Waals surface area contributed by atoms with Gasteiger partial charge in [-0.25, -0.2) is 0 Å². The van der Waals surface area contributed by atoms with Gasteiger partial charge in [-0.15, -0.1) is 0 Å². The Morgan fingerprint density at radius 3 is 1.24 bits per heavy atom. The zero-order valence-corrected chi connectivity index (χ0v) is 23.4. The molecule has 0 atom stereocenters. The van der Waals surface area contributed by atoms with Crippen LogP contribution in [0.15, 0.2) is 48.5 Å². The molecule has 2 aliphatic heterocycles. The third-order valence-corrected chi connectivity index (χ3v) is 7.96. The number of rotatable bonds is 4. The van der Waals surface area contributed by atoms with E-state index in [0.717, 1.165) is 19.8 Å². The molecular weight excluding hydrogens is 456 g/mol. The molecule has 0 N–H and O–H groups in total. The van der Waals surface area contributed by atoms with Gasteiger partial charge in [0.15, 0.2) is 0 Å². The lowest BCUT2D eigenvalue weighted by Crippen LogP contribution is -2.46. The van der Waals surface area contributed by atoms with Gasteiger partial charge in [0.25, 0.3) is 0 Å². The minimum atomic E-state index is 0.907. The predicted octanol–water partition coefficient (Wildman–Crippen LogP) is 5.55. The number of hydrogen-bond donors (Lipinski definition) is 0. The van der Waals surface area contributed by atoms with Gasteiger partial charge in [0.2, 0.25) is 0 Å². The zero-order chi connectivity index (χ0) is 26.2. The summed E-state index contributed by atoms with van der Waals surface area (Å²) in [5.41, 5.74) is 10.7. The standard InChI is InChI=1S/C31H38N6/c1-32(2)24-13-9-11-22-28(24)26(34(5)6)15-20-17-37-19-36(30(20)22)18-21-16-27(35(7)8)29-23(31(21)37)12-10-14-25(29)33(3)4/h9-16H,17-19H2,1-8H3. The van der Waals surface area contributed by atoms with Gasteiger partial charge >= 0.3 is 0 Å². The molecule has 6 heteroatoms. The summed E-state index contributed by atoms with van der Waals surface area (Å²) in [5, 5.41) is 5.36. The quantitative estimate of drug-likeness (QED) is 0.368. The predicted molar refractivity (Wildman–Crippen MR) is 162 cm³/mol. The van der Waals surface area contributed by atoms with Gasteiger partial charge in [-0.1, -0.05) is 24.3 Å². The Bertz CT molecular complexity index is 1420. The van der Waals surface area contributed by atoms with Crippen LogP contribution in [0.3, 0.4) is 0 Å². The van der Waals surface area contributed by atoms with Gasteiger partial charge in [0.1, 0.15) is 0 Å². The molecule has 4 aromatic carbocycles. The van der Waals surface area contributed by atoms with Crippen LogP contribution in [-0.2, 0) is 13.1 Å². The van der Waals surface area contributed by atoms with Crippen LogP contribution in [-0.4, -0.2) is 63.1 Å². The van der Waals surface area contributed by atoms with E-state index in [4.69, 9.17) is 0 Å². The largest absolute Gasteiger partial charge is 0.377 e. The summed E-state index contributed by atoms with van der Waals surface area (Å²) < 4.78 is 0. The van der Waals surface area contributed by atoms with E-state index in [2.05, 4.69) is 134 Å². The molecule has 6 nitrogen and oxygen atoms in total. The van der Waals surface area contributed by atoms with E-state index in [-0.39, 0.29) is 0 Å². The van der Waals surface area contributed by atoms with Crippen molar-refractivity contribution in [2.75, 3.05) is 92.4 Å². The Morgan fingerprint density at radius 1 is 0.514 bits per heavy atom. The Balaban J connectivity index is 1.61. The van der Waals surface area contributed by atoms with E-state index in [1.54, 1.807) is 0 Å². The first kappa shape index (κ1) is 23.6. The lowest BCUT2D eigenvalue weighted by atomic mass is 9.92. The molecule has 2 aliphatic rings. The molecule has 2 bridgehead atoms. The second-order valence-corrected chi connectivity index (χ2v) is 11.3. The first-order chi connectivity index (χ1) is 17.7. The smallest absolute Gasteiger partial charge is 0.0910 e. The molecule has 0 radical (unpaired) electrons. The van der Waals surface area contributed by atoms with Crippen molar-refractivity contribution in [1.82, 2.24) is 0 Å². The second-order valence-electron chi connectivity index (χ2n) is 11.3. The molecule has 6 rings (SSSR count). The van der Waals surface area contributed by atoms with Crippen LogP contribution in [0, 0.1) is 0 Å². The fourth-order valence-corrected chi connectivity index (χ4v) is 6.43. The Hall–Kier alpha value is -3.80. The van der Waals surface area contributed by atoms with Crippen molar-refractivity contribution in [3.05, 3.63) is 59.7 Å². The first-order valence-electron chi connectivity index (χ1n) is 13.0. The minimum Gasteiger partial charge on any atom is -0.377 e. The van der Waals surface area contributed by atoms with Crippen molar-refractivity contribution < 1.29 is 0 Å². The van der Waals surface area contributed by atoms with Crippen LogP contribution in [0.2, 0.25) is 0 Å². The molecule has 2 heterocycles. The minimum absolute atomic E-state index is 0.907. The Morgan fingerprint density at radius 2 is 0.892 bits per heavy atom. The van der Waals surface area contributed by atoms with Crippen molar-refractivity contribution in [2.45, 2.75) is 13.1 Å². The van der Waals surface area contributed by atoms with E-state index in [1.807, 2.05) is 0 Å². The maximum absolute atomic E-state index is 2.59. The molecule has 0 saturated heterocycles. The van der Waals surface area contributed by atoms with Crippen molar-refractivity contribution in [3.8, 4) is 0 Å². The molecule has 0 amide bonds. The lowest BCUT2D eigenvalue weighted by molar-refractivity contribution is 0.656. The molecule has 0 spiro atoms. The number of nitrogens with zero attached hydrogens (tertiary/aromatic N) is 6. The number of anilines is 6. The van der Waals surface area contributed by atoms with Gasteiger partial charge in [-0.2, -0.15) is 0 Å². The van der Waals surface area contributed by atoms with Gasteiger partial charge < -0.3 is 29.4 Å². The number of hydrogen-bond acceptors (Lipinski definition) is 6. The van der Waals surface area contributed by atoms with Crippen LogP contribution in [0.25, 0.3) is 21.5 Å². The van der Waals surface area contributed by atoms with Gasteiger partial charge in [0, 0.05) is 114 Å². The third-order valence-electron chi connectivity index (χ3n) is 7.96. The third kappa shape index (κ3) is 3.45. The fraction of sp³-hybridized carbons (Fsp3) is 0.355. The van der Waals surface area contributed by atoms with Crippen molar-refractivity contribution >= 4 is 55.7 Å². The lowest BCUT2D eigenvalue weighted by Gasteiger charge is -2.46. The highest BCUT2D eigenvalue weighted by Crippen LogP contribution is 2.50. The van der Waals surface area contributed by atoms with Crippen molar-refractivity contribution in [3.63, 3.8) is 0 Å². The van der Waals surface area contributed by atoms with Crippen LogP contribution < -0.4 is 29.4 Å². The van der Waals surface area contributed by atoms with Gasteiger partial charge in [-0.05, 0) is 35.4 Å².